The molecule has 2 N–H and O–H groups in total. The van der Waals surface area contributed by atoms with E-state index in [1.165, 1.54) is 6.42 Å². The second-order valence-corrected chi connectivity index (χ2v) is 6.43. The minimum atomic E-state index is -0.174. The van der Waals surface area contributed by atoms with E-state index < -0.39 is 0 Å². The fourth-order valence-electron chi connectivity index (χ4n) is 2.46. The Kier molecular flexibility index (Phi) is 7.36. The number of rotatable bonds is 7. The van der Waals surface area contributed by atoms with Gasteiger partial charge in [-0.3, -0.25) is 0 Å². The van der Waals surface area contributed by atoms with Crippen LogP contribution >= 0.6 is 0 Å². The molecule has 0 radical (unpaired) electrons. The maximum atomic E-state index is 11.8. The normalized spacial score (nSPS) is 18.0. The SMILES string of the molecule is CC(C)CNC(=O)Nc1cccc(COCC2CCCCO2)c1. The summed E-state index contributed by atoms with van der Waals surface area (Å²) in [7, 11) is 0. The summed E-state index contributed by atoms with van der Waals surface area (Å²) in [6.45, 7) is 6.80. The summed E-state index contributed by atoms with van der Waals surface area (Å²) >= 11 is 0. The largest absolute Gasteiger partial charge is 0.376 e. The number of hydrogen-bond donors (Lipinski definition) is 2. The zero-order valence-electron chi connectivity index (χ0n) is 14.1. The van der Waals surface area contributed by atoms with Crippen molar-refractivity contribution in [1.82, 2.24) is 5.32 Å². The van der Waals surface area contributed by atoms with Crippen molar-refractivity contribution in [2.75, 3.05) is 25.1 Å². The Labute approximate surface area is 138 Å². The molecule has 1 unspecified atom stereocenters. The number of urea groups is 1. The fraction of sp³-hybridized carbons (Fsp3) is 0.611. The van der Waals surface area contributed by atoms with E-state index in [4.69, 9.17) is 9.47 Å². The molecule has 5 nitrogen and oxygen atoms in total. The third-order valence-electron chi connectivity index (χ3n) is 3.70. The van der Waals surface area contributed by atoms with Crippen molar-refractivity contribution in [3.05, 3.63) is 29.8 Å². The molecule has 0 aliphatic carbocycles. The van der Waals surface area contributed by atoms with E-state index in [-0.39, 0.29) is 12.1 Å². The monoisotopic (exact) mass is 320 g/mol. The second-order valence-electron chi connectivity index (χ2n) is 6.43. The second kappa shape index (κ2) is 9.53. The van der Waals surface area contributed by atoms with Crippen molar-refractivity contribution in [1.29, 1.82) is 0 Å². The van der Waals surface area contributed by atoms with Crippen molar-refractivity contribution in [2.45, 2.75) is 45.8 Å². The molecule has 1 atom stereocenters. The molecule has 1 aliphatic rings. The molecule has 5 heteroatoms. The van der Waals surface area contributed by atoms with Crippen LogP contribution in [-0.2, 0) is 16.1 Å². The van der Waals surface area contributed by atoms with Crippen LogP contribution in [0, 0.1) is 5.92 Å². The van der Waals surface area contributed by atoms with E-state index in [9.17, 15) is 4.79 Å². The topological polar surface area (TPSA) is 59.6 Å². The summed E-state index contributed by atoms with van der Waals surface area (Å²) in [6.07, 6.45) is 3.69. The van der Waals surface area contributed by atoms with Crippen molar-refractivity contribution < 1.29 is 14.3 Å². The third kappa shape index (κ3) is 7.01. The third-order valence-corrected chi connectivity index (χ3v) is 3.70. The van der Waals surface area contributed by atoms with Crippen LogP contribution in [0.1, 0.15) is 38.7 Å². The van der Waals surface area contributed by atoms with E-state index in [1.54, 1.807) is 0 Å². The van der Waals surface area contributed by atoms with Crippen LogP contribution in [-0.4, -0.2) is 31.9 Å². The zero-order chi connectivity index (χ0) is 16.5. The highest BCUT2D eigenvalue weighted by Crippen LogP contribution is 2.15. The summed E-state index contributed by atoms with van der Waals surface area (Å²) in [5, 5.41) is 5.69. The highest BCUT2D eigenvalue weighted by atomic mass is 16.5. The Hall–Kier alpha value is -1.59. The van der Waals surface area contributed by atoms with E-state index in [1.807, 2.05) is 24.3 Å². The van der Waals surface area contributed by atoms with Crippen LogP contribution in [0.5, 0.6) is 0 Å². The molecule has 1 heterocycles. The highest BCUT2D eigenvalue weighted by Gasteiger charge is 2.13. The van der Waals surface area contributed by atoms with E-state index in [0.29, 0.717) is 25.7 Å². The van der Waals surface area contributed by atoms with Gasteiger partial charge in [0.1, 0.15) is 0 Å². The average molecular weight is 320 g/mol. The van der Waals surface area contributed by atoms with Gasteiger partial charge in [0.05, 0.1) is 19.3 Å². The number of ether oxygens (including phenoxy) is 2. The predicted octanol–water partition coefficient (Wildman–Crippen LogP) is 3.55. The summed E-state index contributed by atoms with van der Waals surface area (Å²) in [5.41, 5.74) is 1.82. The van der Waals surface area contributed by atoms with E-state index in [0.717, 1.165) is 30.7 Å². The van der Waals surface area contributed by atoms with Crippen molar-refractivity contribution in [3.8, 4) is 0 Å². The quantitative estimate of drug-likeness (QED) is 0.808. The Morgan fingerprint density at radius 2 is 2.26 bits per heavy atom. The molecule has 23 heavy (non-hydrogen) atoms. The number of carbonyl (C=O) groups is 1. The van der Waals surface area contributed by atoms with Crippen molar-refractivity contribution in [2.24, 2.45) is 5.92 Å². The molecule has 0 aromatic heterocycles. The van der Waals surface area contributed by atoms with Crippen LogP contribution in [0.15, 0.2) is 24.3 Å². The molecular weight excluding hydrogens is 292 g/mol. The van der Waals surface area contributed by atoms with Crippen molar-refractivity contribution >= 4 is 11.7 Å². The van der Waals surface area contributed by atoms with Gasteiger partial charge in [0.25, 0.3) is 0 Å². The molecule has 0 saturated carbocycles. The summed E-state index contributed by atoms with van der Waals surface area (Å²) < 4.78 is 11.4. The lowest BCUT2D eigenvalue weighted by molar-refractivity contribution is -0.0447. The number of anilines is 1. The smallest absolute Gasteiger partial charge is 0.319 e. The molecule has 2 amide bonds. The molecule has 1 aromatic rings. The number of benzene rings is 1. The number of hydrogen-bond acceptors (Lipinski definition) is 3. The Morgan fingerprint density at radius 1 is 1.39 bits per heavy atom. The molecule has 0 bridgehead atoms. The van der Waals surface area contributed by atoms with E-state index in [2.05, 4.69) is 24.5 Å². The first kappa shape index (κ1) is 17.8. The van der Waals surface area contributed by atoms with Gasteiger partial charge in [-0.15, -0.1) is 0 Å². The van der Waals surface area contributed by atoms with Gasteiger partial charge in [0.15, 0.2) is 0 Å². The lowest BCUT2D eigenvalue weighted by Gasteiger charge is -2.22. The van der Waals surface area contributed by atoms with E-state index >= 15 is 0 Å². The Bertz CT molecular complexity index is 485. The lowest BCUT2D eigenvalue weighted by atomic mass is 10.1. The highest BCUT2D eigenvalue weighted by molar-refractivity contribution is 5.89. The Morgan fingerprint density at radius 3 is 3.00 bits per heavy atom. The number of carbonyl (C=O) groups excluding carboxylic acids is 1. The molecular formula is C18H28N2O3. The first-order valence-electron chi connectivity index (χ1n) is 8.46. The molecule has 0 spiro atoms. The minimum absolute atomic E-state index is 0.174. The minimum Gasteiger partial charge on any atom is -0.376 e. The van der Waals surface area contributed by atoms with Gasteiger partial charge in [0.2, 0.25) is 0 Å². The lowest BCUT2D eigenvalue weighted by Crippen LogP contribution is -2.31. The molecule has 128 valence electrons. The first-order valence-corrected chi connectivity index (χ1v) is 8.46. The van der Waals surface area contributed by atoms with Crippen LogP contribution < -0.4 is 10.6 Å². The zero-order valence-corrected chi connectivity index (χ0v) is 14.1. The van der Waals surface area contributed by atoms with Gasteiger partial charge in [0, 0.05) is 18.8 Å². The summed E-state index contributed by atoms with van der Waals surface area (Å²) in [6, 6.07) is 7.57. The molecule has 1 saturated heterocycles. The van der Waals surface area contributed by atoms with Gasteiger partial charge < -0.3 is 20.1 Å². The first-order chi connectivity index (χ1) is 11.1. The molecule has 1 fully saturated rings. The molecule has 1 aromatic carbocycles. The maximum Gasteiger partial charge on any atom is 0.319 e. The van der Waals surface area contributed by atoms with Gasteiger partial charge in [-0.2, -0.15) is 0 Å². The van der Waals surface area contributed by atoms with Crippen molar-refractivity contribution in [3.63, 3.8) is 0 Å². The molecule has 1 aliphatic heterocycles. The molecule has 2 rings (SSSR count). The van der Waals surface area contributed by atoms with Gasteiger partial charge in [-0.25, -0.2) is 4.79 Å². The van der Waals surface area contributed by atoms with Crippen LogP contribution in [0.4, 0.5) is 10.5 Å². The predicted molar refractivity (Wildman–Crippen MR) is 91.5 cm³/mol. The number of amides is 2. The van der Waals surface area contributed by atoms with Crippen LogP contribution in [0.25, 0.3) is 0 Å². The van der Waals surface area contributed by atoms with Gasteiger partial charge in [-0.1, -0.05) is 26.0 Å². The van der Waals surface area contributed by atoms with Gasteiger partial charge in [-0.05, 0) is 42.9 Å². The summed E-state index contributed by atoms with van der Waals surface area (Å²) in [4.78, 5) is 11.8. The number of nitrogens with one attached hydrogen (secondary N) is 2. The fourth-order valence-corrected chi connectivity index (χ4v) is 2.46. The Balaban J connectivity index is 1.74. The van der Waals surface area contributed by atoms with Gasteiger partial charge >= 0.3 is 6.03 Å². The standard InChI is InChI=1S/C18H28N2O3/c1-14(2)11-19-18(21)20-16-7-5-6-15(10-16)12-22-13-17-8-3-4-9-23-17/h5-7,10,14,17H,3-4,8-9,11-13H2,1-2H3,(H2,19,20,21). The van der Waals surface area contributed by atoms with Crippen LogP contribution in [0.2, 0.25) is 0 Å². The average Bonchev–Trinajstić information content (AvgIpc) is 2.54. The van der Waals surface area contributed by atoms with Crippen LogP contribution in [0.3, 0.4) is 0 Å². The summed E-state index contributed by atoms with van der Waals surface area (Å²) in [5.74, 6) is 0.433. The maximum absolute atomic E-state index is 11.8.